The lowest BCUT2D eigenvalue weighted by molar-refractivity contribution is -0.307. The molecule has 0 radical (unpaired) electrons. The summed E-state index contributed by atoms with van der Waals surface area (Å²) in [5, 5.41) is 11.8. The summed E-state index contributed by atoms with van der Waals surface area (Å²) in [6.07, 6.45) is 0. The molecule has 0 aromatic rings. The van der Waals surface area contributed by atoms with Crippen molar-refractivity contribution in [3.8, 4) is 0 Å². The normalized spacial score (nSPS) is 19.9. The Labute approximate surface area is 68.4 Å². The maximum atomic E-state index is 10.2. The number of carbonyl (C=O) groups excluding carboxylic acids is 1. The standard InChI is InChI=1S/C6H9NO3S/c7-5(6(8)9)4-3-11-2-1-10-4/h3,5H,1-2,7H2,(H,8,9)/p-1. The molecule has 1 rings (SSSR count). The molecular formula is C6H8NO3S-. The van der Waals surface area contributed by atoms with E-state index >= 15 is 0 Å². The molecule has 2 N–H and O–H groups in total. The summed E-state index contributed by atoms with van der Waals surface area (Å²) in [4.78, 5) is 10.2. The third-order valence-corrected chi connectivity index (χ3v) is 2.03. The quantitative estimate of drug-likeness (QED) is 0.561. The van der Waals surface area contributed by atoms with E-state index in [9.17, 15) is 9.90 Å². The van der Waals surface area contributed by atoms with E-state index in [1.54, 1.807) is 5.41 Å². The van der Waals surface area contributed by atoms with Crippen molar-refractivity contribution in [3.63, 3.8) is 0 Å². The third-order valence-electron chi connectivity index (χ3n) is 1.23. The molecule has 11 heavy (non-hydrogen) atoms. The van der Waals surface area contributed by atoms with E-state index < -0.39 is 12.0 Å². The Hall–Kier alpha value is -0.680. The van der Waals surface area contributed by atoms with E-state index in [0.29, 0.717) is 12.4 Å². The van der Waals surface area contributed by atoms with Crippen molar-refractivity contribution in [3.05, 3.63) is 11.2 Å². The smallest absolute Gasteiger partial charge is 0.125 e. The number of carboxylic acids is 1. The van der Waals surface area contributed by atoms with Crippen molar-refractivity contribution in [2.24, 2.45) is 5.73 Å². The monoisotopic (exact) mass is 174 g/mol. The van der Waals surface area contributed by atoms with Gasteiger partial charge in [0.05, 0.1) is 12.6 Å². The lowest BCUT2D eigenvalue weighted by atomic mass is 10.3. The van der Waals surface area contributed by atoms with Crippen molar-refractivity contribution in [1.82, 2.24) is 0 Å². The molecule has 0 amide bonds. The van der Waals surface area contributed by atoms with Crippen molar-refractivity contribution < 1.29 is 14.6 Å². The lowest BCUT2D eigenvalue weighted by Crippen LogP contribution is -2.44. The van der Waals surface area contributed by atoms with Crippen LogP contribution in [0.3, 0.4) is 0 Å². The molecule has 1 aliphatic rings. The molecule has 0 aromatic carbocycles. The number of nitrogens with two attached hydrogens (primary N) is 1. The molecular weight excluding hydrogens is 166 g/mol. The maximum absolute atomic E-state index is 10.2. The fraction of sp³-hybridized carbons (Fsp3) is 0.500. The number of ether oxygens (including phenoxy) is 1. The van der Waals surface area contributed by atoms with Gasteiger partial charge in [0.15, 0.2) is 0 Å². The number of carbonyl (C=O) groups is 1. The van der Waals surface area contributed by atoms with Crippen LogP contribution in [0.25, 0.3) is 0 Å². The third kappa shape index (κ3) is 2.13. The van der Waals surface area contributed by atoms with Gasteiger partial charge < -0.3 is 20.4 Å². The second-order valence-corrected chi connectivity index (χ2v) is 3.01. The van der Waals surface area contributed by atoms with Crippen LogP contribution < -0.4 is 10.8 Å². The van der Waals surface area contributed by atoms with Gasteiger partial charge in [0.25, 0.3) is 0 Å². The molecule has 1 heterocycles. The number of carboxylic acid groups (broad SMARTS) is 1. The SMILES string of the molecule is NC(C(=O)[O-])C1=CSCCO1. The van der Waals surface area contributed by atoms with E-state index in [1.165, 1.54) is 11.8 Å². The summed E-state index contributed by atoms with van der Waals surface area (Å²) in [5.74, 6) is -0.177. The number of rotatable bonds is 2. The highest BCUT2D eigenvalue weighted by molar-refractivity contribution is 8.02. The van der Waals surface area contributed by atoms with E-state index in [1.807, 2.05) is 0 Å². The zero-order valence-corrected chi connectivity index (χ0v) is 6.60. The molecule has 62 valence electrons. The second kappa shape index (κ2) is 3.64. The molecule has 0 spiro atoms. The summed E-state index contributed by atoms with van der Waals surface area (Å²) in [6, 6.07) is -1.12. The van der Waals surface area contributed by atoms with E-state index in [4.69, 9.17) is 10.5 Å². The Morgan fingerprint density at radius 3 is 3.09 bits per heavy atom. The molecule has 0 aliphatic carbocycles. The molecule has 0 saturated heterocycles. The summed E-state index contributed by atoms with van der Waals surface area (Å²) in [5.41, 5.74) is 5.22. The number of hydrogen-bond donors (Lipinski definition) is 1. The van der Waals surface area contributed by atoms with Crippen LogP contribution in [0.15, 0.2) is 11.2 Å². The highest BCUT2D eigenvalue weighted by atomic mass is 32.2. The van der Waals surface area contributed by atoms with Crippen molar-refractivity contribution >= 4 is 17.7 Å². The second-order valence-electron chi connectivity index (χ2n) is 2.04. The van der Waals surface area contributed by atoms with Gasteiger partial charge >= 0.3 is 0 Å². The fourth-order valence-electron chi connectivity index (χ4n) is 0.662. The maximum Gasteiger partial charge on any atom is 0.125 e. The average molecular weight is 174 g/mol. The van der Waals surface area contributed by atoms with Crippen molar-refractivity contribution in [2.45, 2.75) is 6.04 Å². The molecule has 0 fully saturated rings. The first kappa shape index (κ1) is 8.42. The molecule has 0 aromatic heterocycles. The minimum Gasteiger partial charge on any atom is -0.548 e. The summed E-state index contributed by atoms with van der Waals surface area (Å²) in [6.45, 7) is 0.511. The molecule has 1 unspecified atom stereocenters. The predicted octanol–water partition coefficient (Wildman–Crippen LogP) is -1.33. The van der Waals surface area contributed by atoms with Crippen molar-refractivity contribution in [2.75, 3.05) is 12.4 Å². The van der Waals surface area contributed by atoms with Crippen LogP contribution in [0.4, 0.5) is 0 Å². The highest BCUT2D eigenvalue weighted by Gasteiger charge is 2.14. The first-order valence-electron chi connectivity index (χ1n) is 3.12. The summed E-state index contributed by atoms with van der Waals surface area (Å²) < 4.78 is 5.00. The fourth-order valence-corrected chi connectivity index (χ4v) is 1.34. The molecule has 0 saturated carbocycles. The molecule has 5 heteroatoms. The first-order chi connectivity index (χ1) is 5.22. The number of hydrogen-bond acceptors (Lipinski definition) is 5. The van der Waals surface area contributed by atoms with Gasteiger partial charge in [-0.2, -0.15) is 0 Å². The summed E-state index contributed by atoms with van der Waals surface area (Å²) in [7, 11) is 0. The van der Waals surface area contributed by atoms with E-state index in [2.05, 4.69) is 0 Å². The van der Waals surface area contributed by atoms with Gasteiger partial charge in [0.1, 0.15) is 11.8 Å². The van der Waals surface area contributed by atoms with Gasteiger partial charge in [-0.1, -0.05) is 0 Å². The minimum absolute atomic E-state index is 0.293. The van der Waals surface area contributed by atoms with E-state index in [0.717, 1.165) is 5.75 Å². The largest absolute Gasteiger partial charge is 0.548 e. The lowest BCUT2D eigenvalue weighted by Gasteiger charge is -2.20. The Balaban J connectivity index is 2.58. The van der Waals surface area contributed by atoms with E-state index in [-0.39, 0.29) is 0 Å². The van der Waals surface area contributed by atoms with Crippen LogP contribution in [-0.2, 0) is 9.53 Å². The van der Waals surface area contributed by atoms with Crippen LogP contribution in [0.5, 0.6) is 0 Å². The van der Waals surface area contributed by atoms with Crippen LogP contribution in [0, 0.1) is 0 Å². The van der Waals surface area contributed by atoms with Gasteiger partial charge in [-0.05, 0) is 0 Å². The Kier molecular flexibility index (Phi) is 2.78. The van der Waals surface area contributed by atoms with Gasteiger partial charge in [-0.3, -0.25) is 0 Å². The molecule has 1 aliphatic heterocycles. The zero-order chi connectivity index (χ0) is 8.27. The Bertz CT molecular complexity index is 192. The van der Waals surface area contributed by atoms with Crippen molar-refractivity contribution in [1.29, 1.82) is 0 Å². The number of thioether (sulfide) groups is 1. The zero-order valence-electron chi connectivity index (χ0n) is 5.78. The molecule has 4 nitrogen and oxygen atoms in total. The van der Waals surface area contributed by atoms with Gasteiger partial charge in [0.2, 0.25) is 0 Å². The Morgan fingerprint density at radius 2 is 2.64 bits per heavy atom. The topological polar surface area (TPSA) is 75.4 Å². The van der Waals surface area contributed by atoms with Crippen LogP contribution in [0.2, 0.25) is 0 Å². The van der Waals surface area contributed by atoms with Crippen LogP contribution in [-0.4, -0.2) is 24.4 Å². The highest BCUT2D eigenvalue weighted by Crippen LogP contribution is 2.16. The van der Waals surface area contributed by atoms with Crippen LogP contribution in [0.1, 0.15) is 0 Å². The predicted molar refractivity (Wildman–Crippen MR) is 39.5 cm³/mol. The number of aliphatic carboxylic acids is 1. The minimum atomic E-state index is -1.31. The Morgan fingerprint density at radius 1 is 1.91 bits per heavy atom. The first-order valence-corrected chi connectivity index (χ1v) is 4.17. The average Bonchev–Trinajstić information content (AvgIpc) is 2.05. The molecule has 0 bridgehead atoms. The van der Waals surface area contributed by atoms with Gasteiger partial charge in [-0.25, -0.2) is 0 Å². The van der Waals surface area contributed by atoms with Gasteiger partial charge in [-0.15, -0.1) is 11.8 Å². The molecule has 1 atom stereocenters. The van der Waals surface area contributed by atoms with Crippen LogP contribution >= 0.6 is 11.8 Å². The van der Waals surface area contributed by atoms with Gasteiger partial charge in [0, 0.05) is 11.2 Å². The summed E-state index contributed by atoms with van der Waals surface area (Å²) >= 11 is 1.49.